The third-order valence-electron chi connectivity index (χ3n) is 2.92. The number of hydrogen-bond acceptors (Lipinski definition) is 4. The molecule has 3 aromatic heterocycles. The minimum atomic E-state index is -0.386. The molecule has 0 radical (unpaired) electrons. The summed E-state index contributed by atoms with van der Waals surface area (Å²) in [6.45, 7) is 1.76. The maximum absolute atomic E-state index is 9.42. The van der Waals surface area contributed by atoms with E-state index >= 15 is 0 Å². The molecule has 3 rings (SSSR count). The quantitative estimate of drug-likeness (QED) is 0.748. The molecule has 20 heavy (non-hydrogen) atoms. The van der Waals surface area contributed by atoms with Gasteiger partial charge >= 0.3 is 0 Å². The molecule has 0 saturated carbocycles. The first-order valence-corrected chi connectivity index (χ1v) is 7.06. The lowest BCUT2D eigenvalue weighted by molar-refractivity contribution is 0.195. The summed E-state index contributed by atoms with van der Waals surface area (Å²) in [5, 5.41) is 9.42. The molecular weight excluding hydrogens is 320 g/mol. The molecule has 5 nitrogen and oxygen atoms in total. The fourth-order valence-corrected chi connectivity index (χ4v) is 2.43. The summed E-state index contributed by atoms with van der Waals surface area (Å²) < 4.78 is 2.61. The number of aliphatic hydroxyl groups excluding tert-OH is 1. The Kier molecular flexibility index (Phi) is 3.50. The lowest BCUT2D eigenvalue weighted by atomic mass is 10.1. The third-order valence-corrected chi connectivity index (χ3v) is 3.36. The van der Waals surface area contributed by atoms with Crippen molar-refractivity contribution in [3.05, 3.63) is 47.0 Å². The molecule has 1 N–H and O–H groups in total. The van der Waals surface area contributed by atoms with E-state index in [2.05, 4.69) is 30.9 Å². The van der Waals surface area contributed by atoms with Gasteiger partial charge in [-0.2, -0.15) is 0 Å². The minimum absolute atomic E-state index is 0.386. The van der Waals surface area contributed by atoms with Crippen molar-refractivity contribution >= 4 is 27.1 Å². The Morgan fingerprint density at radius 2 is 2.20 bits per heavy atom. The Morgan fingerprint density at radius 3 is 2.95 bits per heavy atom. The number of rotatable bonds is 3. The summed E-state index contributed by atoms with van der Waals surface area (Å²) in [6, 6.07) is 7.64. The van der Waals surface area contributed by atoms with Gasteiger partial charge in [-0.25, -0.2) is 15.0 Å². The van der Waals surface area contributed by atoms with E-state index in [1.54, 1.807) is 19.4 Å². The molecule has 0 aliphatic carbocycles. The average Bonchev–Trinajstić information content (AvgIpc) is 2.81. The molecule has 3 aromatic rings. The van der Waals surface area contributed by atoms with Crippen LogP contribution >= 0.6 is 15.9 Å². The van der Waals surface area contributed by atoms with E-state index in [0.717, 1.165) is 27.1 Å². The normalized spacial score (nSPS) is 12.8. The highest BCUT2D eigenvalue weighted by atomic mass is 79.9. The zero-order valence-corrected chi connectivity index (χ0v) is 12.4. The average molecular weight is 333 g/mol. The Morgan fingerprint density at radius 1 is 1.35 bits per heavy atom. The predicted octanol–water partition coefficient (Wildman–Crippen LogP) is 2.50. The van der Waals surface area contributed by atoms with E-state index in [-0.39, 0.29) is 6.10 Å². The molecule has 0 aromatic carbocycles. The topological polar surface area (TPSA) is 63.8 Å². The summed E-state index contributed by atoms with van der Waals surface area (Å²) in [7, 11) is 0. The number of hydrogen-bond donors (Lipinski definition) is 1. The lowest BCUT2D eigenvalue weighted by Crippen LogP contribution is -2.04. The number of imidazole rings is 1. The van der Waals surface area contributed by atoms with Crippen molar-refractivity contribution in [2.75, 3.05) is 0 Å². The van der Waals surface area contributed by atoms with Crippen LogP contribution in [0.4, 0.5) is 0 Å². The molecular formula is C14H13BrN4O. The summed E-state index contributed by atoms with van der Waals surface area (Å²) in [4.78, 5) is 13.2. The smallest absolute Gasteiger partial charge is 0.165 e. The highest BCUT2D eigenvalue weighted by Gasteiger charge is 2.09. The number of nitrogens with zero attached hydrogens (tertiary/aromatic N) is 4. The van der Waals surface area contributed by atoms with Gasteiger partial charge in [-0.15, -0.1) is 0 Å². The molecule has 0 aliphatic rings. The second kappa shape index (κ2) is 5.30. The van der Waals surface area contributed by atoms with Gasteiger partial charge in [0.15, 0.2) is 5.65 Å². The molecule has 0 bridgehead atoms. The highest BCUT2D eigenvalue weighted by molar-refractivity contribution is 9.10. The molecule has 1 unspecified atom stereocenters. The van der Waals surface area contributed by atoms with Crippen LogP contribution in [0.5, 0.6) is 0 Å². The van der Waals surface area contributed by atoms with Crippen LogP contribution < -0.4 is 0 Å². The summed E-state index contributed by atoms with van der Waals surface area (Å²) in [5.74, 6) is 0.762. The molecule has 1 atom stereocenters. The van der Waals surface area contributed by atoms with Crippen LogP contribution in [0.1, 0.15) is 12.5 Å². The summed E-state index contributed by atoms with van der Waals surface area (Å²) in [5.41, 5.74) is 2.52. The van der Waals surface area contributed by atoms with E-state index < -0.39 is 0 Å². The molecule has 0 saturated heterocycles. The van der Waals surface area contributed by atoms with Gasteiger partial charge < -0.3 is 5.11 Å². The summed E-state index contributed by atoms with van der Waals surface area (Å²) in [6.07, 6.45) is 3.66. The highest BCUT2D eigenvalue weighted by Crippen LogP contribution is 2.18. The SMILES string of the molecule is CC(O)Cc1cnc2c(c1)ncn2-c1cccc(Br)n1. The van der Waals surface area contributed by atoms with E-state index in [1.165, 1.54) is 0 Å². The van der Waals surface area contributed by atoms with Crippen molar-refractivity contribution in [2.24, 2.45) is 0 Å². The monoisotopic (exact) mass is 332 g/mol. The van der Waals surface area contributed by atoms with Gasteiger partial charge in [0.25, 0.3) is 0 Å². The molecule has 3 heterocycles. The number of aromatic nitrogens is 4. The van der Waals surface area contributed by atoms with Crippen molar-refractivity contribution in [3.63, 3.8) is 0 Å². The van der Waals surface area contributed by atoms with Gasteiger partial charge in [0.1, 0.15) is 22.3 Å². The standard InChI is InChI=1S/C14H13BrN4O/c1-9(20)5-10-6-11-14(16-7-10)19(8-17-11)13-4-2-3-12(15)18-13/h2-4,6-9,20H,5H2,1H3. The molecule has 6 heteroatoms. The molecule has 0 amide bonds. The van der Waals surface area contributed by atoms with Crippen LogP contribution in [0.25, 0.3) is 17.0 Å². The fraction of sp³-hybridized carbons (Fsp3) is 0.214. The Labute approximate surface area is 124 Å². The zero-order valence-electron chi connectivity index (χ0n) is 10.9. The molecule has 102 valence electrons. The van der Waals surface area contributed by atoms with Crippen LogP contribution in [-0.4, -0.2) is 30.7 Å². The van der Waals surface area contributed by atoms with Crippen molar-refractivity contribution < 1.29 is 5.11 Å². The largest absolute Gasteiger partial charge is 0.393 e. The lowest BCUT2D eigenvalue weighted by Gasteiger charge is -2.05. The first-order valence-electron chi connectivity index (χ1n) is 6.26. The van der Waals surface area contributed by atoms with Crippen molar-refractivity contribution in [2.45, 2.75) is 19.4 Å². The minimum Gasteiger partial charge on any atom is -0.393 e. The Bertz CT molecular complexity index is 754. The van der Waals surface area contributed by atoms with Crippen LogP contribution in [0.2, 0.25) is 0 Å². The maximum atomic E-state index is 9.42. The molecule has 0 fully saturated rings. The van der Waals surface area contributed by atoms with Crippen molar-refractivity contribution in [1.82, 2.24) is 19.5 Å². The van der Waals surface area contributed by atoms with Crippen LogP contribution in [0.3, 0.4) is 0 Å². The molecule has 0 aliphatic heterocycles. The third kappa shape index (κ3) is 2.57. The van der Waals surface area contributed by atoms with Crippen molar-refractivity contribution in [1.29, 1.82) is 0 Å². The van der Waals surface area contributed by atoms with E-state index in [1.807, 2.05) is 28.8 Å². The van der Waals surface area contributed by atoms with Gasteiger partial charge in [-0.05, 0) is 53.0 Å². The fourth-order valence-electron chi connectivity index (χ4n) is 2.09. The number of fused-ring (bicyclic) bond motifs is 1. The zero-order chi connectivity index (χ0) is 14.1. The first-order chi connectivity index (χ1) is 9.63. The van der Waals surface area contributed by atoms with Crippen LogP contribution in [-0.2, 0) is 6.42 Å². The van der Waals surface area contributed by atoms with E-state index in [9.17, 15) is 5.11 Å². The van der Waals surface area contributed by atoms with Crippen LogP contribution in [0.15, 0.2) is 41.4 Å². The van der Waals surface area contributed by atoms with Crippen molar-refractivity contribution in [3.8, 4) is 5.82 Å². The van der Waals surface area contributed by atoms with Gasteiger partial charge in [-0.1, -0.05) is 6.07 Å². The van der Waals surface area contributed by atoms with E-state index in [4.69, 9.17) is 0 Å². The maximum Gasteiger partial charge on any atom is 0.165 e. The van der Waals surface area contributed by atoms with E-state index in [0.29, 0.717) is 6.42 Å². The number of pyridine rings is 2. The Hall–Kier alpha value is -1.79. The van der Waals surface area contributed by atoms with Gasteiger partial charge in [0.2, 0.25) is 0 Å². The predicted molar refractivity (Wildman–Crippen MR) is 79.7 cm³/mol. The Balaban J connectivity index is 2.06. The van der Waals surface area contributed by atoms with Gasteiger partial charge in [0.05, 0.1) is 6.10 Å². The van der Waals surface area contributed by atoms with Gasteiger partial charge in [-0.3, -0.25) is 4.57 Å². The number of aliphatic hydroxyl groups is 1. The number of halogens is 1. The van der Waals surface area contributed by atoms with Gasteiger partial charge in [0, 0.05) is 6.20 Å². The summed E-state index contributed by atoms with van der Waals surface area (Å²) >= 11 is 3.36. The van der Waals surface area contributed by atoms with Crippen LogP contribution in [0, 0.1) is 0 Å². The second-order valence-electron chi connectivity index (χ2n) is 4.67. The first kappa shape index (κ1) is 13.2. The second-order valence-corrected chi connectivity index (χ2v) is 5.49. The molecule has 0 spiro atoms.